The molecule has 1 fully saturated rings. The van der Waals surface area contributed by atoms with Crippen molar-refractivity contribution in [3.63, 3.8) is 0 Å². The van der Waals surface area contributed by atoms with E-state index in [9.17, 15) is 4.79 Å². The number of hydrogen-bond donors (Lipinski definition) is 2. The second-order valence-corrected chi connectivity index (χ2v) is 4.96. The quantitative estimate of drug-likeness (QED) is 0.830. The number of amides is 1. The van der Waals surface area contributed by atoms with Crippen molar-refractivity contribution in [3.8, 4) is 0 Å². The predicted octanol–water partition coefficient (Wildman–Crippen LogP) is 1.57. The zero-order chi connectivity index (χ0) is 13.1. The van der Waals surface area contributed by atoms with E-state index in [1.165, 1.54) is 12.8 Å². The van der Waals surface area contributed by atoms with E-state index >= 15 is 0 Å². The molecule has 4 heteroatoms. The number of likely N-dealkylation sites (N-methyl/N-ethyl adjacent to an activating group) is 1. The Morgan fingerprint density at radius 3 is 2.56 bits per heavy atom. The molecule has 1 aliphatic rings. The second kappa shape index (κ2) is 5.50. The van der Waals surface area contributed by atoms with Gasteiger partial charge in [0.1, 0.15) is 0 Å². The van der Waals surface area contributed by atoms with Gasteiger partial charge in [0, 0.05) is 18.3 Å². The maximum Gasteiger partial charge on any atom is 0.241 e. The van der Waals surface area contributed by atoms with E-state index < -0.39 is 0 Å². The number of anilines is 1. The lowest BCUT2D eigenvalue weighted by molar-refractivity contribution is -0.120. The molecule has 1 aliphatic carbocycles. The van der Waals surface area contributed by atoms with Crippen LogP contribution < -0.4 is 11.1 Å². The highest BCUT2D eigenvalue weighted by Gasteiger charge is 2.31. The van der Waals surface area contributed by atoms with E-state index in [1.54, 1.807) is 0 Å². The molecule has 1 amide bonds. The van der Waals surface area contributed by atoms with Crippen LogP contribution >= 0.6 is 0 Å². The maximum absolute atomic E-state index is 12.1. The maximum atomic E-state index is 12.1. The highest BCUT2D eigenvalue weighted by atomic mass is 16.2. The third-order valence-corrected chi connectivity index (χ3v) is 3.57. The summed E-state index contributed by atoms with van der Waals surface area (Å²) < 4.78 is 0. The van der Waals surface area contributed by atoms with Crippen LogP contribution in [0.1, 0.15) is 25.3 Å². The first kappa shape index (κ1) is 13.1. The van der Waals surface area contributed by atoms with Gasteiger partial charge in [-0.05, 0) is 44.5 Å². The number of benzene rings is 1. The third kappa shape index (κ3) is 3.09. The predicted molar refractivity (Wildman–Crippen MR) is 73.2 cm³/mol. The minimum atomic E-state index is -0.0910. The number of hydrogen-bond acceptors (Lipinski definition) is 3. The first-order valence-corrected chi connectivity index (χ1v) is 6.43. The summed E-state index contributed by atoms with van der Waals surface area (Å²) in [5.74, 6) is 0.0462. The Labute approximate surface area is 108 Å². The van der Waals surface area contributed by atoms with Gasteiger partial charge in [0.15, 0.2) is 0 Å². The van der Waals surface area contributed by atoms with Crippen molar-refractivity contribution in [1.82, 2.24) is 4.90 Å². The van der Waals surface area contributed by atoms with Crippen molar-refractivity contribution in [1.29, 1.82) is 0 Å². The van der Waals surface area contributed by atoms with Gasteiger partial charge in [-0.2, -0.15) is 0 Å². The summed E-state index contributed by atoms with van der Waals surface area (Å²) in [5.41, 5.74) is 7.43. The standard InChI is InChI=1S/C14H21N3O/c1-10(17(2)13-7-8-13)14(18)16-12-5-3-11(9-15)4-6-12/h3-6,10,13H,7-9,15H2,1-2H3,(H,16,18). The van der Waals surface area contributed by atoms with E-state index in [0.717, 1.165) is 11.3 Å². The highest BCUT2D eigenvalue weighted by molar-refractivity contribution is 5.94. The Bertz CT molecular complexity index is 412. The lowest BCUT2D eigenvalue weighted by Crippen LogP contribution is -2.40. The summed E-state index contributed by atoms with van der Waals surface area (Å²) in [7, 11) is 2.01. The first-order chi connectivity index (χ1) is 8.61. The molecule has 18 heavy (non-hydrogen) atoms. The summed E-state index contributed by atoms with van der Waals surface area (Å²) in [5, 5.41) is 2.94. The molecule has 2 rings (SSSR count). The Kier molecular flexibility index (Phi) is 3.99. The number of rotatable bonds is 5. The van der Waals surface area contributed by atoms with Crippen LogP contribution in [0, 0.1) is 0 Å². The lowest BCUT2D eigenvalue weighted by Gasteiger charge is -2.23. The number of carbonyl (C=O) groups excluding carboxylic acids is 1. The van der Waals surface area contributed by atoms with Crippen molar-refractivity contribution in [2.45, 2.75) is 38.4 Å². The van der Waals surface area contributed by atoms with Crippen LogP contribution in [0.15, 0.2) is 24.3 Å². The van der Waals surface area contributed by atoms with Crippen molar-refractivity contribution in [2.75, 3.05) is 12.4 Å². The molecule has 4 nitrogen and oxygen atoms in total. The molecule has 1 aromatic carbocycles. The zero-order valence-corrected chi connectivity index (χ0v) is 11.0. The van der Waals surface area contributed by atoms with Crippen molar-refractivity contribution in [3.05, 3.63) is 29.8 Å². The number of nitrogens with one attached hydrogen (secondary N) is 1. The summed E-state index contributed by atoms with van der Waals surface area (Å²) in [6.45, 7) is 2.47. The van der Waals surface area contributed by atoms with E-state index in [1.807, 2.05) is 38.2 Å². The van der Waals surface area contributed by atoms with Crippen molar-refractivity contribution >= 4 is 11.6 Å². The average Bonchev–Trinajstić information content (AvgIpc) is 3.22. The number of carbonyl (C=O) groups is 1. The molecule has 0 saturated heterocycles. The molecule has 0 aliphatic heterocycles. The zero-order valence-electron chi connectivity index (χ0n) is 11.0. The molecular weight excluding hydrogens is 226 g/mol. The molecular formula is C14H21N3O. The summed E-state index contributed by atoms with van der Waals surface area (Å²) >= 11 is 0. The van der Waals surface area contributed by atoms with E-state index in [2.05, 4.69) is 10.2 Å². The van der Waals surface area contributed by atoms with Gasteiger partial charge in [0.25, 0.3) is 0 Å². The molecule has 0 spiro atoms. The van der Waals surface area contributed by atoms with Gasteiger partial charge in [-0.1, -0.05) is 12.1 Å². The van der Waals surface area contributed by atoms with E-state index in [0.29, 0.717) is 12.6 Å². The van der Waals surface area contributed by atoms with Crippen molar-refractivity contribution < 1.29 is 4.79 Å². The fourth-order valence-corrected chi connectivity index (χ4v) is 1.95. The van der Waals surface area contributed by atoms with E-state index in [-0.39, 0.29) is 11.9 Å². The molecule has 0 aromatic heterocycles. The molecule has 1 atom stereocenters. The van der Waals surface area contributed by atoms with Crippen LogP contribution in [0.2, 0.25) is 0 Å². The Balaban J connectivity index is 1.92. The molecule has 1 aromatic rings. The van der Waals surface area contributed by atoms with Crippen LogP contribution in [0.4, 0.5) is 5.69 Å². The Hall–Kier alpha value is -1.39. The normalized spacial score (nSPS) is 16.7. The highest BCUT2D eigenvalue weighted by Crippen LogP contribution is 2.27. The first-order valence-electron chi connectivity index (χ1n) is 6.43. The van der Waals surface area contributed by atoms with Crippen LogP contribution in [0.5, 0.6) is 0 Å². The lowest BCUT2D eigenvalue weighted by atomic mass is 10.2. The number of nitrogens with two attached hydrogens (primary N) is 1. The van der Waals surface area contributed by atoms with Crippen LogP contribution in [0.3, 0.4) is 0 Å². The smallest absolute Gasteiger partial charge is 0.241 e. The molecule has 98 valence electrons. The van der Waals surface area contributed by atoms with Gasteiger partial charge in [-0.25, -0.2) is 0 Å². The van der Waals surface area contributed by atoms with Crippen LogP contribution in [-0.4, -0.2) is 29.9 Å². The van der Waals surface area contributed by atoms with Gasteiger partial charge in [-0.15, -0.1) is 0 Å². The van der Waals surface area contributed by atoms with E-state index in [4.69, 9.17) is 5.73 Å². The second-order valence-electron chi connectivity index (χ2n) is 4.96. The third-order valence-electron chi connectivity index (χ3n) is 3.57. The van der Waals surface area contributed by atoms with Crippen LogP contribution in [0.25, 0.3) is 0 Å². The largest absolute Gasteiger partial charge is 0.326 e. The minimum Gasteiger partial charge on any atom is -0.326 e. The van der Waals surface area contributed by atoms with Gasteiger partial charge in [0.05, 0.1) is 6.04 Å². The van der Waals surface area contributed by atoms with Crippen LogP contribution in [-0.2, 0) is 11.3 Å². The fraction of sp³-hybridized carbons (Fsp3) is 0.500. The topological polar surface area (TPSA) is 58.4 Å². The monoisotopic (exact) mass is 247 g/mol. The minimum absolute atomic E-state index is 0.0462. The van der Waals surface area contributed by atoms with Gasteiger partial charge >= 0.3 is 0 Å². The molecule has 0 heterocycles. The molecule has 0 bridgehead atoms. The molecule has 1 unspecified atom stereocenters. The van der Waals surface area contributed by atoms with Gasteiger partial charge in [0.2, 0.25) is 5.91 Å². The summed E-state index contributed by atoms with van der Waals surface area (Å²) in [6, 6.07) is 8.15. The molecule has 0 radical (unpaired) electrons. The Morgan fingerprint density at radius 2 is 2.06 bits per heavy atom. The average molecular weight is 247 g/mol. The van der Waals surface area contributed by atoms with Gasteiger partial charge < -0.3 is 11.1 Å². The van der Waals surface area contributed by atoms with Crippen molar-refractivity contribution in [2.24, 2.45) is 5.73 Å². The Morgan fingerprint density at radius 1 is 1.44 bits per heavy atom. The molecule has 1 saturated carbocycles. The summed E-state index contributed by atoms with van der Waals surface area (Å²) in [6.07, 6.45) is 2.42. The molecule has 3 N–H and O–H groups in total. The van der Waals surface area contributed by atoms with Gasteiger partial charge in [-0.3, -0.25) is 9.69 Å². The summed E-state index contributed by atoms with van der Waals surface area (Å²) in [4.78, 5) is 14.2. The SMILES string of the molecule is CC(C(=O)Nc1ccc(CN)cc1)N(C)C1CC1. The fourth-order valence-electron chi connectivity index (χ4n) is 1.95. The number of nitrogens with zero attached hydrogens (tertiary/aromatic N) is 1.